The third-order valence-electron chi connectivity index (χ3n) is 4.14. The van der Waals surface area contributed by atoms with E-state index in [1.54, 1.807) is 17.8 Å². The summed E-state index contributed by atoms with van der Waals surface area (Å²) in [4.78, 5) is 0. The highest BCUT2D eigenvalue weighted by Crippen LogP contribution is 2.33. The first-order chi connectivity index (χ1) is 10.7. The first-order valence-electron chi connectivity index (χ1n) is 7.17. The Labute approximate surface area is 132 Å². The van der Waals surface area contributed by atoms with E-state index >= 15 is 0 Å². The summed E-state index contributed by atoms with van der Waals surface area (Å²) in [6.45, 7) is 4.80. The predicted octanol–water partition coefficient (Wildman–Crippen LogP) is 2.27. The van der Waals surface area contributed by atoms with Crippen LogP contribution in [0.15, 0.2) is 18.5 Å². The lowest BCUT2D eigenvalue weighted by Crippen LogP contribution is -2.28. The van der Waals surface area contributed by atoms with E-state index in [4.69, 9.17) is 21.4 Å². The Morgan fingerprint density at radius 1 is 1.41 bits per heavy atom. The molecule has 0 bridgehead atoms. The molecule has 0 saturated carbocycles. The smallest absolute Gasteiger partial charge is 0.146 e. The van der Waals surface area contributed by atoms with Gasteiger partial charge in [0.2, 0.25) is 0 Å². The Balaban J connectivity index is 1.93. The van der Waals surface area contributed by atoms with Crippen LogP contribution < -0.4 is 10.1 Å². The second kappa shape index (κ2) is 5.00. The van der Waals surface area contributed by atoms with Crippen molar-refractivity contribution in [1.29, 1.82) is 0 Å². The maximum absolute atomic E-state index is 6.18. The number of hydrogen-bond donors (Lipinski definition) is 1. The summed E-state index contributed by atoms with van der Waals surface area (Å²) < 4.78 is 9.30. The Bertz CT molecular complexity index is 867. The van der Waals surface area contributed by atoms with Crippen molar-refractivity contribution in [3.63, 3.8) is 0 Å². The van der Waals surface area contributed by atoms with E-state index in [0.717, 1.165) is 36.4 Å². The molecule has 1 N–H and O–H groups in total. The zero-order valence-electron chi connectivity index (χ0n) is 12.4. The number of pyridine rings is 1. The minimum Gasteiger partial charge on any atom is -0.494 e. The maximum Gasteiger partial charge on any atom is 0.146 e. The van der Waals surface area contributed by atoms with Crippen LogP contribution in [0.25, 0.3) is 16.8 Å². The molecular formula is C15H16ClN5O. The van der Waals surface area contributed by atoms with Crippen molar-refractivity contribution in [2.24, 2.45) is 0 Å². The molecule has 3 aromatic rings. The molecule has 0 aromatic carbocycles. The largest absolute Gasteiger partial charge is 0.494 e. The van der Waals surface area contributed by atoms with Crippen molar-refractivity contribution < 1.29 is 4.74 Å². The SMILES string of the molecule is COc1cc(-c2nn3c(c2C)CNCC3)cn2ncc(Cl)c12. The van der Waals surface area contributed by atoms with Gasteiger partial charge in [-0.05, 0) is 18.6 Å². The average molecular weight is 318 g/mol. The molecule has 1 aliphatic heterocycles. The molecule has 4 rings (SSSR count). The fraction of sp³-hybridized carbons (Fsp3) is 0.333. The minimum absolute atomic E-state index is 0.577. The summed E-state index contributed by atoms with van der Waals surface area (Å²) in [5, 5.41) is 13.0. The fourth-order valence-electron chi connectivity index (χ4n) is 2.99. The lowest BCUT2D eigenvalue weighted by atomic mass is 10.1. The van der Waals surface area contributed by atoms with Crippen molar-refractivity contribution in [2.45, 2.75) is 20.0 Å². The lowest BCUT2D eigenvalue weighted by molar-refractivity contribution is 0.417. The highest BCUT2D eigenvalue weighted by Gasteiger charge is 2.20. The number of ether oxygens (including phenoxy) is 1. The van der Waals surface area contributed by atoms with Crippen LogP contribution in [0.5, 0.6) is 5.75 Å². The van der Waals surface area contributed by atoms with Gasteiger partial charge in [0, 0.05) is 24.8 Å². The van der Waals surface area contributed by atoms with E-state index in [1.165, 1.54) is 11.3 Å². The third-order valence-corrected chi connectivity index (χ3v) is 4.42. The summed E-state index contributed by atoms with van der Waals surface area (Å²) in [7, 11) is 1.64. The maximum atomic E-state index is 6.18. The number of hydrogen-bond acceptors (Lipinski definition) is 4. The summed E-state index contributed by atoms with van der Waals surface area (Å²) in [6, 6.07) is 1.97. The molecule has 0 fully saturated rings. The summed E-state index contributed by atoms with van der Waals surface area (Å²) in [6.07, 6.45) is 3.57. The van der Waals surface area contributed by atoms with Crippen LogP contribution in [-0.2, 0) is 13.1 Å². The molecule has 114 valence electrons. The van der Waals surface area contributed by atoms with Crippen LogP contribution in [0.3, 0.4) is 0 Å². The molecule has 0 unspecified atom stereocenters. The minimum atomic E-state index is 0.577. The second-order valence-corrected chi connectivity index (χ2v) is 5.81. The van der Waals surface area contributed by atoms with Crippen molar-refractivity contribution in [3.05, 3.63) is 34.7 Å². The summed E-state index contributed by atoms with van der Waals surface area (Å²) in [5.74, 6) is 0.698. The van der Waals surface area contributed by atoms with E-state index in [9.17, 15) is 0 Å². The summed E-state index contributed by atoms with van der Waals surface area (Å²) in [5.41, 5.74) is 5.14. The van der Waals surface area contributed by atoms with Gasteiger partial charge in [-0.3, -0.25) is 4.68 Å². The summed E-state index contributed by atoms with van der Waals surface area (Å²) >= 11 is 6.18. The fourth-order valence-corrected chi connectivity index (χ4v) is 3.22. The number of nitrogens with zero attached hydrogens (tertiary/aromatic N) is 4. The highest BCUT2D eigenvalue weighted by atomic mass is 35.5. The number of aromatic nitrogens is 4. The van der Waals surface area contributed by atoms with Crippen LogP contribution in [0, 0.1) is 6.92 Å². The molecular weight excluding hydrogens is 302 g/mol. The van der Waals surface area contributed by atoms with Gasteiger partial charge >= 0.3 is 0 Å². The quantitative estimate of drug-likeness (QED) is 0.788. The molecule has 4 heterocycles. The molecule has 0 radical (unpaired) electrons. The van der Waals surface area contributed by atoms with Crippen molar-refractivity contribution in [1.82, 2.24) is 24.7 Å². The van der Waals surface area contributed by atoms with Crippen LogP contribution >= 0.6 is 11.6 Å². The molecule has 3 aromatic heterocycles. The standard InChI is InChI=1S/C15H16ClN5O/c1-9-12-7-17-3-4-20(12)19-14(9)10-5-13(22-2)15-11(16)6-18-21(15)8-10/h5-6,8,17H,3-4,7H2,1-2H3. The normalized spacial score (nSPS) is 14.3. The van der Waals surface area contributed by atoms with Crippen LogP contribution in [-0.4, -0.2) is 33.0 Å². The molecule has 0 spiro atoms. The predicted molar refractivity (Wildman–Crippen MR) is 84.4 cm³/mol. The Hall–Kier alpha value is -2.05. The van der Waals surface area contributed by atoms with Gasteiger partial charge in [0.1, 0.15) is 11.3 Å². The van der Waals surface area contributed by atoms with Gasteiger partial charge < -0.3 is 10.1 Å². The van der Waals surface area contributed by atoms with E-state index < -0.39 is 0 Å². The first-order valence-corrected chi connectivity index (χ1v) is 7.55. The molecule has 22 heavy (non-hydrogen) atoms. The number of fused-ring (bicyclic) bond motifs is 2. The van der Waals surface area contributed by atoms with Crippen molar-refractivity contribution >= 4 is 17.1 Å². The molecule has 0 saturated heterocycles. The van der Waals surface area contributed by atoms with E-state index in [1.807, 2.05) is 12.3 Å². The number of rotatable bonds is 2. The molecule has 0 aliphatic carbocycles. The number of nitrogens with one attached hydrogen (secondary N) is 1. The van der Waals surface area contributed by atoms with Crippen LogP contribution in [0.1, 0.15) is 11.3 Å². The molecule has 7 heteroatoms. The lowest BCUT2D eigenvalue weighted by Gasteiger charge is -2.14. The first kappa shape index (κ1) is 13.6. The van der Waals surface area contributed by atoms with Crippen LogP contribution in [0.4, 0.5) is 0 Å². The van der Waals surface area contributed by atoms with Gasteiger partial charge in [-0.15, -0.1) is 0 Å². The molecule has 0 atom stereocenters. The highest BCUT2D eigenvalue weighted by molar-refractivity contribution is 6.34. The second-order valence-electron chi connectivity index (χ2n) is 5.40. The van der Waals surface area contributed by atoms with E-state index in [2.05, 4.69) is 22.0 Å². The Morgan fingerprint density at radius 3 is 3.05 bits per heavy atom. The van der Waals surface area contributed by atoms with E-state index in [-0.39, 0.29) is 0 Å². The van der Waals surface area contributed by atoms with E-state index in [0.29, 0.717) is 10.8 Å². The van der Waals surface area contributed by atoms with Gasteiger partial charge in [-0.1, -0.05) is 11.6 Å². The number of methoxy groups -OCH3 is 1. The molecule has 6 nitrogen and oxygen atoms in total. The Morgan fingerprint density at radius 2 is 2.27 bits per heavy atom. The van der Waals surface area contributed by atoms with Gasteiger partial charge in [-0.2, -0.15) is 10.2 Å². The van der Waals surface area contributed by atoms with Crippen LogP contribution in [0.2, 0.25) is 5.02 Å². The van der Waals surface area contributed by atoms with Gasteiger partial charge in [0.15, 0.2) is 0 Å². The average Bonchev–Trinajstić information content (AvgIpc) is 3.08. The van der Waals surface area contributed by atoms with Gasteiger partial charge in [0.25, 0.3) is 0 Å². The van der Waals surface area contributed by atoms with Gasteiger partial charge in [0.05, 0.1) is 36.3 Å². The monoisotopic (exact) mass is 317 g/mol. The van der Waals surface area contributed by atoms with Crippen molar-refractivity contribution in [3.8, 4) is 17.0 Å². The van der Waals surface area contributed by atoms with Gasteiger partial charge in [-0.25, -0.2) is 4.52 Å². The molecule has 0 amide bonds. The third kappa shape index (κ3) is 1.91. The topological polar surface area (TPSA) is 56.4 Å². The zero-order valence-corrected chi connectivity index (χ0v) is 13.2. The molecule has 1 aliphatic rings. The van der Waals surface area contributed by atoms with Crippen molar-refractivity contribution in [2.75, 3.05) is 13.7 Å². The Kier molecular flexibility index (Phi) is 3.09. The number of halogens is 1. The zero-order chi connectivity index (χ0) is 15.3.